The Labute approximate surface area is 158 Å². The Morgan fingerprint density at radius 1 is 1.07 bits per heavy atom. The van der Waals surface area contributed by atoms with Crippen molar-refractivity contribution >= 4 is 23.1 Å². The van der Waals surface area contributed by atoms with Gasteiger partial charge in [0.2, 0.25) is 0 Å². The van der Waals surface area contributed by atoms with Crippen molar-refractivity contribution in [2.45, 2.75) is 6.54 Å². The number of benzene rings is 2. The Hall–Kier alpha value is -3.81. The number of aromatic nitrogens is 3. The number of carbonyl (C=O) groups is 1. The molecule has 2 aromatic heterocycles. The molecule has 8 heteroatoms. The van der Waals surface area contributed by atoms with Gasteiger partial charge in [0.1, 0.15) is 23.0 Å². The second-order valence-electron chi connectivity index (χ2n) is 6.05. The van der Waals surface area contributed by atoms with Gasteiger partial charge >= 0.3 is 0 Å². The number of hydrogen-bond acceptors (Lipinski definition) is 4. The van der Waals surface area contributed by atoms with E-state index in [4.69, 9.17) is 0 Å². The van der Waals surface area contributed by atoms with Crippen LogP contribution in [0.1, 0.15) is 15.9 Å². The van der Waals surface area contributed by atoms with Crippen LogP contribution in [0.4, 0.5) is 20.3 Å². The SMILES string of the molecule is O=C(Nc1ccccc1)c1cnn2ccc(NCc3cc(F)ccc3F)nc12. The van der Waals surface area contributed by atoms with Crippen LogP contribution in [0.3, 0.4) is 0 Å². The lowest BCUT2D eigenvalue weighted by Gasteiger charge is -2.08. The highest BCUT2D eigenvalue weighted by atomic mass is 19.1. The number of halogens is 2. The highest BCUT2D eigenvalue weighted by molar-refractivity contribution is 6.08. The van der Waals surface area contributed by atoms with Crippen molar-refractivity contribution in [2.24, 2.45) is 0 Å². The summed E-state index contributed by atoms with van der Waals surface area (Å²) in [7, 11) is 0. The molecule has 2 heterocycles. The summed E-state index contributed by atoms with van der Waals surface area (Å²) < 4.78 is 28.5. The van der Waals surface area contributed by atoms with Gasteiger partial charge in [-0.3, -0.25) is 4.79 Å². The normalized spacial score (nSPS) is 10.8. The molecule has 0 atom stereocenters. The number of hydrogen-bond donors (Lipinski definition) is 2. The van der Waals surface area contributed by atoms with Gasteiger partial charge in [0, 0.05) is 24.0 Å². The minimum absolute atomic E-state index is 0.0481. The van der Waals surface area contributed by atoms with Crippen LogP contribution in [0.15, 0.2) is 67.0 Å². The van der Waals surface area contributed by atoms with E-state index in [1.54, 1.807) is 24.4 Å². The molecule has 4 rings (SSSR count). The van der Waals surface area contributed by atoms with Crippen LogP contribution in [0.2, 0.25) is 0 Å². The van der Waals surface area contributed by atoms with E-state index in [2.05, 4.69) is 20.7 Å². The minimum Gasteiger partial charge on any atom is -0.366 e. The predicted molar refractivity (Wildman–Crippen MR) is 101 cm³/mol. The molecule has 28 heavy (non-hydrogen) atoms. The molecule has 0 aliphatic rings. The molecule has 0 bridgehead atoms. The summed E-state index contributed by atoms with van der Waals surface area (Å²) in [5, 5.41) is 9.84. The van der Waals surface area contributed by atoms with Gasteiger partial charge in [-0.1, -0.05) is 18.2 Å². The number of para-hydroxylation sites is 1. The number of amides is 1. The van der Waals surface area contributed by atoms with Crippen molar-refractivity contribution in [2.75, 3.05) is 10.6 Å². The molecule has 2 N–H and O–H groups in total. The van der Waals surface area contributed by atoms with Crippen LogP contribution in [0.25, 0.3) is 5.65 Å². The van der Waals surface area contributed by atoms with Gasteiger partial charge in [0.25, 0.3) is 5.91 Å². The van der Waals surface area contributed by atoms with Gasteiger partial charge in [0.15, 0.2) is 5.65 Å². The van der Waals surface area contributed by atoms with Gasteiger partial charge in [-0.15, -0.1) is 0 Å². The highest BCUT2D eigenvalue weighted by Gasteiger charge is 2.15. The van der Waals surface area contributed by atoms with Crippen LogP contribution in [0.5, 0.6) is 0 Å². The summed E-state index contributed by atoms with van der Waals surface area (Å²) in [5.74, 6) is -0.966. The molecule has 140 valence electrons. The van der Waals surface area contributed by atoms with E-state index >= 15 is 0 Å². The molecule has 0 aliphatic heterocycles. The number of nitrogens with zero attached hydrogens (tertiary/aromatic N) is 3. The zero-order valence-corrected chi connectivity index (χ0v) is 14.6. The summed E-state index contributed by atoms with van der Waals surface area (Å²) in [6.07, 6.45) is 3.06. The Morgan fingerprint density at radius 3 is 2.71 bits per heavy atom. The molecule has 0 spiro atoms. The number of rotatable bonds is 5. The van der Waals surface area contributed by atoms with Gasteiger partial charge in [-0.2, -0.15) is 5.10 Å². The lowest BCUT2D eigenvalue weighted by molar-refractivity contribution is 0.102. The number of fused-ring (bicyclic) bond motifs is 1. The maximum absolute atomic E-state index is 13.8. The standard InChI is InChI=1S/C20H15F2N5O/c21-14-6-7-17(22)13(10-14)11-23-18-8-9-27-19(26-18)16(12-24-27)20(28)25-15-4-2-1-3-5-15/h1-10,12H,11H2,(H,23,26)(H,25,28). The molecule has 4 aromatic rings. The lowest BCUT2D eigenvalue weighted by Crippen LogP contribution is -2.12. The minimum atomic E-state index is -0.516. The molecular weight excluding hydrogens is 364 g/mol. The van der Waals surface area contributed by atoms with Crippen molar-refractivity contribution < 1.29 is 13.6 Å². The van der Waals surface area contributed by atoms with Crippen LogP contribution in [-0.4, -0.2) is 20.5 Å². The Balaban J connectivity index is 1.56. The zero-order chi connectivity index (χ0) is 19.5. The first-order chi connectivity index (χ1) is 13.6. The average molecular weight is 379 g/mol. The third kappa shape index (κ3) is 3.66. The van der Waals surface area contributed by atoms with Crippen molar-refractivity contribution in [3.63, 3.8) is 0 Å². The predicted octanol–water partition coefficient (Wildman–Crippen LogP) is 3.87. The van der Waals surface area contributed by atoms with E-state index in [9.17, 15) is 13.6 Å². The third-order valence-electron chi connectivity index (χ3n) is 4.11. The number of carbonyl (C=O) groups excluding carboxylic acids is 1. The van der Waals surface area contributed by atoms with E-state index < -0.39 is 11.6 Å². The fourth-order valence-corrected chi connectivity index (χ4v) is 2.71. The molecule has 0 fully saturated rings. The van der Waals surface area contributed by atoms with E-state index in [0.29, 0.717) is 22.7 Å². The van der Waals surface area contributed by atoms with Crippen molar-refractivity contribution in [3.05, 3.63) is 89.8 Å². The Kier molecular flexibility index (Phi) is 4.67. The van der Waals surface area contributed by atoms with Crippen molar-refractivity contribution in [1.29, 1.82) is 0 Å². The van der Waals surface area contributed by atoms with E-state index in [1.807, 2.05) is 18.2 Å². The van der Waals surface area contributed by atoms with Crippen molar-refractivity contribution in [1.82, 2.24) is 14.6 Å². The molecule has 1 amide bonds. The maximum atomic E-state index is 13.8. The Bertz CT molecular complexity index is 1140. The van der Waals surface area contributed by atoms with E-state index in [1.165, 1.54) is 10.7 Å². The van der Waals surface area contributed by atoms with Crippen LogP contribution < -0.4 is 10.6 Å². The van der Waals surface area contributed by atoms with Gasteiger partial charge in [-0.05, 0) is 36.4 Å². The smallest absolute Gasteiger partial charge is 0.261 e. The second kappa shape index (κ2) is 7.43. The zero-order valence-electron chi connectivity index (χ0n) is 14.6. The van der Waals surface area contributed by atoms with Gasteiger partial charge in [0.05, 0.1) is 6.20 Å². The molecule has 0 unspecified atom stereocenters. The van der Waals surface area contributed by atoms with E-state index in [0.717, 1.165) is 18.2 Å². The second-order valence-corrected chi connectivity index (χ2v) is 6.05. The fraction of sp³-hybridized carbons (Fsp3) is 0.0500. The summed E-state index contributed by atoms with van der Waals surface area (Å²) in [5.41, 5.74) is 1.47. The van der Waals surface area contributed by atoms with Crippen LogP contribution in [0, 0.1) is 11.6 Å². The van der Waals surface area contributed by atoms with Crippen LogP contribution >= 0.6 is 0 Å². The quantitative estimate of drug-likeness (QED) is 0.552. The fourth-order valence-electron chi connectivity index (χ4n) is 2.71. The summed E-state index contributed by atoms with van der Waals surface area (Å²) in [4.78, 5) is 16.9. The molecular formula is C20H15F2N5O. The molecule has 0 saturated heterocycles. The summed E-state index contributed by atoms with van der Waals surface area (Å²) in [6, 6.07) is 13.9. The lowest BCUT2D eigenvalue weighted by atomic mass is 10.2. The first-order valence-electron chi connectivity index (χ1n) is 8.49. The first-order valence-corrected chi connectivity index (χ1v) is 8.49. The number of anilines is 2. The van der Waals surface area contributed by atoms with Crippen LogP contribution in [-0.2, 0) is 6.54 Å². The Morgan fingerprint density at radius 2 is 1.89 bits per heavy atom. The average Bonchev–Trinajstić information content (AvgIpc) is 3.13. The summed E-state index contributed by atoms with van der Waals surface area (Å²) in [6.45, 7) is 0.0481. The van der Waals surface area contributed by atoms with E-state index in [-0.39, 0.29) is 18.0 Å². The topological polar surface area (TPSA) is 71.3 Å². The largest absolute Gasteiger partial charge is 0.366 e. The third-order valence-corrected chi connectivity index (χ3v) is 4.11. The molecule has 0 saturated carbocycles. The monoisotopic (exact) mass is 379 g/mol. The van der Waals surface area contributed by atoms with Crippen molar-refractivity contribution in [3.8, 4) is 0 Å². The molecule has 0 aliphatic carbocycles. The number of nitrogens with one attached hydrogen (secondary N) is 2. The molecule has 6 nitrogen and oxygen atoms in total. The summed E-state index contributed by atoms with van der Waals surface area (Å²) >= 11 is 0. The first kappa shape index (κ1) is 17.6. The molecule has 0 radical (unpaired) electrons. The highest BCUT2D eigenvalue weighted by Crippen LogP contribution is 2.16. The van der Waals surface area contributed by atoms with Gasteiger partial charge < -0.3 is 10.6 Å². The molecule has 2 aromatic carbocycles. The van der Waals surface area contributed by atoms with Gasteiger partial charge in [-0.25, -0.2) is 18.3 Å². The maximum Gasteiger partial charge on any atom is 0.261 e.